The quantitative estimate of drug-likeness (QED) is 0.476. The maximum Gasteiger partial charge on any atom is 0.244 e. The molecule has 190 valence electrons. The fourth-order valence-electron chi connectivity index (χ4n) is 4.34. The second kappa shape index (κ2) is 12.1. The molecule has 2 aromatic carbocycles. The van der Waals surface area contributed by atoms with Crippen LogP contribution in [-0.2, 0) is 26.2 Å². The molecule has 1 N–H and O–H groups in total. The van der Waals surface area contributed by atoms with Crippen LogP contribution in [-0.4, -0.2) is 50.0 Å². The molecule has 0 spiro atoms. The molecule has 35 heavy (non-hydrogen) atoms. The summed E-state index contributed by atoms with van der Waals surface area (Å²) in [5.41, 5.74) is 0.942. The van der Waals surface area contributed by atoms with Crippen LogP contribution in [0.1, 0.15) is 44.6 Å². The third kappa shape index (κ3) is 7.35. The van der Waals surface area contributed by atoms with Crippen molar-refractivity contribution in [2.24, 2.45) is 0 Å². The van der Waals surface area contributed by atoms with E-state index >= 15 is 0 Å². The van der Waals surface area contributed by atoms with Crippen LogP contribution in [0.15, 0.2) is 48.5 Å². The summed E-state index contributed by atoms with van der Waals surface area (Å²) in [5.74, 6) is -0.737. The van der Waals surface area contributed by atoms with E-state index in [4.69, 9.17) is 23.2 Å². The van der Waals surface area contributed by atoms with Crippen LogP contribution in [0.2, 0.25) is 10.0 Å². The first-order chi connectivity index (χ1) is 16.6. The number of benzene rings is 2. The van der Waals surface area contributed by atoms with Gasteiger partial charge in [-0.25, -0.2) is 8.42 Å². The first-order valence-corrected chi connectivity index (χ1v) is 14.3. The van der Waals surface area contributed by atoms with E-state index in [-0.39, 0.29) is 34.2 Å². The first kappa shape index (κ1) is 27.3. The lowest BCUT2D eigenvalue weighted by Gasteiger charge is -2.33. The van der Waals surface area contributed by atoms with Crippen LogP contribution in [0.5, 0.6) is 0 Å². The van der Waals surface area contributed by atoms with Gasteiger partial charge in [-0.15, -0.1) is 0 Å². The van der Waals surface area contributed by atoms with E-state index in [0.717, 1.165) is 41.8 Å². The molecule has 1 atom stereocenters. The van der Waals surface area contributed by atoms with Crippen molar-refractivity contribution in [1.82, 2.24) is 10.2 Å². The minimum Gasteiger partial charge on any atom is -0.352 e. The molecule has 2 amide bonds. The average molecular weight is 541 g/mol. The first-order valence-electron chi connectivity index (χ1n) is 11.7. The summed E-state index contributed by atoms with van der Waals surface area (Å²) >= 11 is 12.4. The highest BCUT2D eigenvalue weighted by atomic mass is 35.5. The van der Waals surface area contributed by atoms with Gasteiger partial charge in [-0.05, 0) is 43.0 Å². The van der Waals surface area contributed by atoms with Crippen molar-refractivity contribution in [3.63, 3.8) is 0 Å². The number of rotatable bonds is 10. The monoisotopic (exact) mass is 539 g/mol. The molecule has 1 aliphatic rings. The summed E-state index contributed by atoms with van der Waals surface area (Å²) in [4.78, 5) is 28.4. The molecule has 0 radical (unpaired) electrons. The Kier molecular flexibility index (Phi) is 9.44. The third-order valence-corrected chi connectivity index (χ3v) is 7.82. The number of sulfonamides is 1. The van der Waals surface area contributed by atoms with Gasteiger partial charge >= 0.3 is 0 Å². The van der Waals surface area contributed by atoms with Crippen molar-refractivity contribution in [3.05, 3.63) is 64.1 Å². The maximum absolute atomic E-state index is 13.7. The van der Waals surface area contributed by atoms with Gasteiger partial charge in [0, 0.05) is 17.6 Å². The molecule has 0 bridgehead atoms. The molecule has 0 aromatic heterocycles. The van der Waals surface area contributed by atoms with E-state index in [1.807, 2.05) is 37.3 Å². The van der Waals surface area contributed by atoms with Gasteiger partial charge in [0.25, 0.3) is 0 Å². The summed E-state index contributed by atoms with van der Waals surface area (Å²) in [6.45, 7) is 1.49. The summed E-state index contributed by atoms with van der Waals surface area (Å²) in [5, 5.41) is 3.51. The Labute approximate surface area is 217 Å². The van der Waals surface area contributed by atoms with Crippen LogP contribution >= 0.6 is 23.2 Å². The molecule has 7 nitrogen and oxygen atoms in total. The number of nitrogens with zero attached hydrogens (tertiary/aromatic N) is 2. The number of carbonyl (C=O) groups excluding carboxylic acids is 2. The van der Waals surface area contributed by atoms with Crippen LogP contribution in [0.3, 0.4) is 0 Å². The van der Waals surface area contributed by atoms with Gasteiger partial charge in [0.1, 0.15) is 12.6 Å². The van der Waals surface area contributed by atoms with E-state index in [9.17, 15) is 18.0 Å². The molecule has 0 saturated heterocycles. The largest absolute Gasteiger partial charge is 0.352 e. The second-order valence-electron chi connectivity index (χ2n) is 8.79. The predicted molar refractivity (Wildman–Crippen MR) is 140 cm³/mol. The zero-order chi connectivity index (χ0) is 25.6. The molecular formula is C25H31Cl2N3O4S. The molecule has 3 rings (SSSR count). The van der Waals surface area contributed by atoms with Crippen LogP contribution in [0.4, 0.5) is 5.69 Å². The van der Waals surface area contributed by atoms with Crippen LogP contribution < -0.4 is 9.62 Å². The number of amides is 2. The minimum atomic E-state index is -3.89. The number of anilines is 1. The van der Waals surface area contributed by atoms with E-state index in [1.54, 1.807) is 0 Å². The van der Waals surface area contributed by atoms with E-state index in [1.165, 1.54) is 23.1 Å². The molecule has 0 unspecified atom stereocenters. The number of hydrogen-bond acceptors (Lipinski definition) is 4. The highest BCUT2D eigenvalue weighted by Gasteiger charge is 2.33. The Balaban J connectivity index is 1.93. The van der Waals surface area contributed by atoms with E-state index < -0.39 is 28.5 Å². The van der Waals surface area contributed by atoms with Gasteiger partial charge in [-0.3, -0.25) is 13.9 Å². The maximum atomic E-state index is 13.7. The molecule has 1 fully saturated rings. The fourth-order valence-corrected chi connectivity index (χ4v) is 5.63. The lowest BCUT2D eigenvalue weighted by Crippen LogP contribution is -2.53. The van der Waals surface area contributed by atoms with Crippen molar-refractivity contribution in [2.75, 3.05) is 17.1 Å². The van der Waals surface area contributed by atoms with Crippen molar-refractivity contribution < 1.29 is 18.0 Å². The zero-order valence-electron chi connectivity index (χ0n) is 19.9. The smallest absolute Gasteiger partial charge is 0.244 e. The molecular weight excluding hydrogens is 509 g/mol. The molecule has 2 aromatic rings. The number of hydrogen-bond donors (Lipinski definition) is 1. The van der Waals surface area contributed by atoms with E-state index in [0.29, 0.717) is 6.42 Å². The van der Waals surface area contributed by atoms with Gasteiger partial charge in [0.2, 0.25) is 21.8 Å². The highest BCUT2D eigenvalue weighted by Crippen LogP contribution is 2.31. The van der Waals surface area contributed by atoms with Crippen LogP contribution in [0.25, 0.3) is 0 Å². The molecule has 0 heterocycles. The third-order valence-electron chi connectivity index (χ3n) is 6.14. The zero-order valence-corrected chi connectivity index (χ0v) is 22.2. The SMILES string of the molecule is CC[C@H](C(=O)NC1CCCC1)N(Cc1ccccc1)C(=O)CN(c1cc(Cl)ccc1Cl)S(C)(=O)=O. The summed E-state index contributed by atoms with van der Waals surface area (Å²) < 4.78 is 26.3. The van der Waals surface area contributed by atoms with Crippen molar-refractivity contribution in [1.29, 1.82) is 0 Å². The summed E-state index contributed by atoms with van der Waals surface area (Å²) in [7, 11) is -3.89. The van der Waals surface area contributed by atoms with Crippen molar-refractivity contribution >= 4 is 50.7 Å². The van der Waals surface area contributed by atoms with Gasteiger partial charge in [0.05, 0.1) is 17.0 Å². The van der Waals surface area contributed by atoms with Crippen molar-refractivity contribution in [3.8, 4) is 0 Å². The Bertz CT molecular complexity index is 1140. The van der Waals surface area contributed by atoms with Crippen molar-refractivity contribution in [2.45, 2.75) is 57.7 Å². The Hall–Kier alpha value is -2.29. The van der Waals surface area contributed by atoms with Crippen LogP contribution in [0, 0.1) is 0 Å². The molecule has 1 saturated carbocycles. The fraction of sp³-hybridized carbons (Fsp3) is 0.440. The standard InChI is InChI=1S/C25H31Cl2N3O4S/c1-3-22(25(32)28-20-11-7-8-12-20)29(16-18-9-5-4-6-10-18)24(31)17-30(35(2,33)34)23-15-19(26)13-14-21(23)27/h4-6,9-10,13-15,20,22H,3,7-8,11-12,16-17H2,1-2H3,(H,28,32)/t22-/m1/s1. The Morgan fingerprint density at radius 2 is 1.74 bits per heavy atom. The number of nitrogens with one attached hydrogen (secondary N) is 1. The lowest BCUT2D eigenvalue weighted by molar-refractivity contribution is -0.140. The van der Waals surface area contributed by atoms with Gasteiger partial charge in [-0.1, -0.05) is 73.3 Å². The van der Waals surface area contributed by atoms with E-state index in [2.05, 4.69) is 5.32 Å². The highest BCUT2D eigenvalue weighted by molar-refractivity contribution is 7.92. The molecule has 0 aliphatic heterocycles. The topological polar surface area (TPSA) is 86.8 Å². The number of halogens is 2. The number of carbonyl (C=O) groups is 2. The predicted octanol–water partition coefficient (Wildman–Crippen LogP) is 4.63. The summed E-state index contributed by atoms with van der Waals surface area (Å²) in [6, 6.07) is 13.1. The summed E-state index contributed by atoms with van der Waals surface area (Å²) in [6.07, 6.45) is 5.36. The molecule has 1 aliphatic carbocycles. The normalized spacial score (nSPS) is 15.0. The van der Waals surface area contributed by atoms with Gasteiger partial charge < -0.3 is 10.2 Å². The lowest BCUT2D eigenvalue weighted by atomic mass is 10.1. The molecule has 10 heteroatoms. The average Bonchev–Trinajstić information content (AvgIpc) is 3.32. The van der Waals surface area contributed by atoms with Gasteiger partial charge in [0.15, 0.2) is 0 Å². The second-order valence-corrected chi connectivity index (χ2v) is 11.5. The van der Waals surface area contributed by atoms with Gasteiger partial charge in [-0.2, -0.15) is 0 Å². The Morgan fingerprint density at radius 1 is 1.09 bits per heavy atom. The Morgan fingerprint density at radius 3 is 2.34 bits per heavy atom. The minimum absolute atomic E-state index is 0.100.